The molecular formula is C23H29BrN4O5S2. The minimum absolute atomic E-state index is 0.213. The molecule has 0 radical (unpaired) electrons. The molecule has 0 aliphatic carbocycles. The Kier molecular flexibility index (Phi) is 9.72. The van der Waals surface area contributed by atoms with Crippen LogP contribution in [0.4, 0.5) is 0 Å². The highest BCUT2D eigenvalue weighted by Gasteiger charge is 2.32. The van der Waals surface area contributed by atoms with E-state index in [0.717, 1.165) is 10.0 Å². The van der Waals surface area contributed by atoms with Gasteiger partial charge in [0, 0.05) is 30.0 Å². The smallest absolute Gasteiger partial charge is 0.243 e. The number of hydrazine groups is 1. The van der Waals surface area contributed by atoms with Crippen molar-refractivity contribution in [3.8, 4) is 11.5 Å². The summed E-state index contributed by atoms with van der Waals surface area (Å²) in [5, 5.41) is 3.35. The first-order valence-corrected chi connectivity index (χ1v) is 13.7. The number of nitrogens with one attached hydrogen (secondary N) is 3. The molecule has 0 saturated carbocycles. The monoisotopic (exact) mass is 584 g/mol. The van der Waals surface area contributed by atoms with E-state index in [4.69, 9.17) is 21.7 Å². The largest absolute Gasteiger partial charge is 0.493 e. The maximum absolute atomic E-state index is 12.8. The van der Waals surface area contributed by atoms with Crippen LogP contribution in [0.1, 0.15) is 18.4 Å². The van der Waals surface area contributed by atoms with E-state index >= 15 is 0 Å². The van der Waals surface area contributed by atoms with Crippen LogP contribution in [0, 0.1) is 5.92 Å². The van der Waals surface area contributed by atoms with Crippen molar-refractivity contribution in [1.29, 1.82) is 0 Å². The molecule has 1 saturated heterocycles. The molecule has 1 amide bonds. The average molecular weight is 586 g/mol. The quantitative estimate of drug-likeness (QED) is 0.321. The molecular weight excluding hydrogens is 556 g/mol. The maximum Gasteiger partial charge on any atom is 0.243 e. The summed E-state index contributed by atoms with van der Waals surface area (Å²) in [4.78, 5) is 12.8. The molecule has 9 nitrogen and oxygen atoms in total. The summed E-state index contributed by atoms with van der Waals surface area (Å²) in [5.74, 6) is 0.817. The van der Waals surface area contributed by atoms with Crippen LogP contribution in [0.2, 0.25) is 0 Å². The van der Waals surface area contributed by atoms with Crippen LogP contribution in [-0.2, 0) is 21.2 Å². The number of ether oxygens (including phenoxy) is 2. The third-order valence-corrected chi connectivity index (χ3v) is 8.41. The molecule has 35 heavy (non-hydrogen) atoms. The number of nitrogens with zero attached hydrogens (tertiary/aromatic N) is 1. The number of thiocarbonyl (C=S) groups is 1. The Morgan fingerprint density at radius 3 is 2.34 bits per heavy atom. The number of hydrogen-bond donors (Lipinski definition) is 3. The molecule has 1 fully saturated rings. The van der Waals surface area contributed by atoms with Gasteiger partial charge in [0.25, 0.3) is 0 Å². The zero-order valence-electron chi connectivity index (χ0n) is 19.5. The fourth-order valence-corrected chi connectivity index (χ4v) is 5.62. The molecule has 1 heterocycles. The molecule has 0 aromatic heterocycles. The van der Waals surface area contributed by atoms with Crippen molar-refractivity contribution in [1.82, 2.24) is 20.5 Å². The van der Waals surface area contributed by atoms with Crippen molar-refractivity contribution >= 4 is 49.2 Å². The van der Waals surface area contributed by atoms with Gasteiger partial charge >= 0.3 is 0 Å². The van der Waals surface area contributed by atoms with E-state index < -0.39 is 10.0 Å². The highest BCUT2D eigenvalue weighted by molar-refractivity contribution is 9.10. The van der Waals surface area contributed by atoms with Gasteiger partial charge in [-0.25, -0.2) is 8.42 Å². The van der Waals surface area contributed by atoms with E-state index in [1.807, 2.05) is 18.2 Å². The second kappa shape index (κ2) is 12.5. The van der Waals surface area contributed by atoms with Crippen molar-refractivity contribution in [3.05, 3.63) is 52.5 Å². The lowest BCUT2D eigenvalue weighted by Gasteiger charge is -2.30. The summed E-state index contributed by atoms with van der Waals surface area (Å²) in [6.45, 7) is 1.12. The summed E-state index contributed by atoms with van der Waals surface area (Å²) in [6.07, 6.45) is 1.56. The van der Waals surface area contributed by atoms with E-state index in [2.05, 4.69) is 32.1 Å². The Balaban J connectivity index is 1.39. The van der Waals surface area contributed by atoms with Gasteiger partial charge in [-0.1, -0.05) is 22.0 Å². The molecule has 0 bridgehead atoms. The summed E-state index contributed by atoms with van der Waals surface area (Å²) < 4.78 is 38.4. The van der Waals surface area contributed by atoms with Crippen LogP contribution in [0.3, 0.4) is 0 Å². The molecule has 1 aliphatic heterocycles. The zero-order chi connectivity index (χ0) is 25.4. The average Bonchev–Trinajstić information content (AvgIpc) is 2.87. The Morgan fingerprint density at radius 2 is 1.71 bits per heavy atom. The topological polar surface area (TPSA) is 109 Å². The van der Waals surface area contributed by atoms with Crippen LogP contribution in [0.15, 0.2) is 51.8 Å². The van der Waals surface area contributed by atoms with Gasteiger partial charge in [0.05, 0.1) is 19.1 Å². The van der Waals surface area contributed by atoms with E-state index in [-0.39, 0.29) is 29.8 Å². The van der Waals surface area contributed by atoms with Crippen molar-refractivity contribution in [3.63, 3.8) is 0 Å². The second-order valence-corrected chi connectivity index (χ2v) is 11.2. The Morgan fingerprint density at radius 1 is 1.06 bits per heavy atom. The van der Waals surface area contributed by atoms with E-state index in [0.29, 0.717) is 42.4 Å². The van der Waals surface area contributed by atoms with Crippen LogP contribution >= 0.6 is 28.1 Å². The van der Waals surface area contributed by atoms with Crippen molar-refractivity contribution < 1.29 is 22.7 Å². The fraction of sp³-hybridized carbons (Fsp3) is 0.391. The lowest BCUT2D eigenvalue weighted by molar-refractivity contribution is -0.126. The van der Waals surface area contributed by atoms with Gasteiger partial charge < -0.3 is 14.8 Å². The number of carbonyl (C=O) groups excluding carboxylic acids is 1. The number of methoxy groups -OCH3 is 2. The lowest BCUT2D eigenvalue weighted by atomic mass is 9.98. The van der Waals surface area contributed by atoms with Gasteiger partial charge in [-0.3, -0.25) is 15.6 Å². The molecule has 3 N–H and O–H groups in total. The molecule has 12 heteroatoms. The van der Waals surface area contributed by atoms with Crippen LogP contribution in [0.25, 0.3) is 0 Å². The Labute approximate surface area is 219 Å². The molecule has 2 aromatic rings. The highest BCUT2D eigenvalue weighted by atomic mass is 79.9. The maximum atomic E-state index is 12.8. The number of hydrogen-bond acceptors (Lipinski definition) is 6. The van der Waals surface area contributed by atoms with Crippen molar-refractivity contribution in [2.24, 2.45) is 5.92 Å². The van der Waals surface area contributed by atoms with Gasteiger partial charge in [-0.05, 0) is 73.4 Å². The Bertz CT molecular complexity index is 1140. The molecule has 2 aromatic carbocycles. The van der Waals surface area contributed by atoms with E-state index in [1.165, 1.54) is 4.31 Å². The lowest BCUT2D eigenvalue weighted by Crippen LogP contribution is -2.50. The normalized spacial score (nSPS) is 14.7. The first-order valence-electron chi connectivity index (χ1n) is 11.0. The summed E-state index contributed by atoms with van der Waals surface area (Å²) >= 11 is 8.55. The van der Waals surface area contributed by atoms with Gasteiger partial charge in [-0.2, -0.15) is 4.31 Å². The van der Waals surface area contributed by atoms with Gasteiger partial charge in [-0.15, -0.1) is 0 Å². The zero-order valence-corrected chi connectivity index (χ0v) is 22.8. The number of carbonyl (C=O) groups is 1. The Hall–Kier alpha value is -2.41. The van der Waals surface area contributed by atoms with Crippen LogP contribution in [0.5, 0.6) is 11.5 Å². The third-order valence-electron chi connectivity index (χ3n) is 5.72. The minimum Gasteiger partial charge on any atom is -0.493 e. The number of sulfonamides is 1. The van der Waals surface area contributed by atoms with Gasteiger partial charge in [0.15, 0.2) is 16.6 Å². The molecule has 190 valence electrons. The summed E-state index contributed by atoms with van der Waals surface area (Å²) in [5.41, 5.74) is 6.39. The predicted octanol–water partition coefficient (Wildman–Crippen LogP) is 2.61. The van der Waals surface area contributed by atoms with Crippen LogP contribution < -0.4 is 25.6 Å². The minimum atomic E-state index is -3.58. The first-order chi connectivity index (χ1) is 16.7. The molecule has 0 unspecified atom stereocenters. The highest BCUT2D eigenvalue weighted by Crippen LogP contribution is 2.27. The number of piperidine rings is 1. The standard InChI is InChI=1S/C23H29BrN4O5S2/c1-32-20-8-3-16(15-21(20)33-2)9-12-25-23(34)27-26-22(29)17-10-13-28(14-11-17)35(30,31)19-6-4-18(24)5-7-19/h3-8,15,17H,9-14H2,1-2H3,(H,26,29)(H2,25,27,34). The number of halogens is 1. The number of amides is 1. The van der Waals surface area contributed by atoms with Crippen molar-refractivity contribution in [2.45, 2.75) is 24.2 Å². The van der Waals surface area contributed by atoms with Gasteiger partial charge in [0.1, 0.15) is 0 Å². The molecule has 0 atom stereocenters. The van der Waals surface area contributed by atoms with E-state index in [1.54, 1.807) is 38.5 Å². The molecule has 3 rings (SSSR count). The third kappa shape index (κ3) is 7.29. The van der Waals surface area contributed by atoms with E-state index in [9.17, 15) is 13.2 Å². The first kappa shape index (κ1) is 27.2. The summed E-state index contributed by atoms with van der Waals surface area (Å²) in [7, 11) is -0.396. The van der Waals surface area contributed by atoms with Crippen molar-refractivity contribution in [2.75, 3.05) is 33.9 Å². The second-order valence-electron chi connectivity index (χ2n) is 7.94. The number of rotatable bonds is 8. The predicted molar refractivity (Wildman–Crippen MR) is 141 cm³/mol. The summed E-state index contributed by atoms with van der Waals surface area (Å²) in [6, 6.07) is 12.2. The van der Waals surface area contributed by atoms with Crippen LogP contribution in [-0.4, -0.2) is 57.6 Å². The molecule has 1 aliphatic rings. The fourth-order valence-electron chi connectivity index (χ4n) is 3.74. The number of benzene rings is 2. The molecule has 0 spiro atoms. The van der Waals surface area contributed by atoms with Gasteiger partial charge in [0.2, 0.25) is 15.9 Å². The SMILES string of the molecule is COc1ccc(CCNC(=S)NNC(=O)C2CCN(S(=O)(=O)c3ccc(Br)cc3)CC2)cc1OC.